The lowest BCUT2D eigenvalue weighted by Gasteiger charge is -2.07. The number of nitrogens with two attached hydrogens (primary N) is 1. The average molecular weight is 280 g/mol. The van der Waals surface area contributed by atoms with Crippen molar-refractivity contribution in [1.29, 1.82) is 0 Å². The second-order valence-corrected chi connectivity index (χ2v) is 5.11. The Bertz CT molecular complexity index is 663. The molecule has 3 rings (SSSR count). The number of aromatic nitrogens is 2. The summed E-state index contributed by atoms with van der Waals surface area (Å²) in [6, 6.07) is 5.18. The quantitative estimate of drug-likeness (QED) is 0.749. The van der Waals surface area contributed by atoms with Crippen LogP contribution in [-0.2, 0) is 6.61 Å². The van der Waals surface area contributed by atoms with Crippen LogP contribution in [0.25, 0.3) is 4.96 Å². The molecule has 0 aliphatic rings. The number of ether oxygens (including phenoxy) is 1. The molecular formula is C12H10ClN3OS. The maximum absolute atomic E-state index is 5.82. The lowest BCUT2D eigenvalue weighted by atomic mass is 10.3. The van der Waals surface area contributed by atoms with Crippen molar-refractivity contribution in [3.05, 3.63) is 46.7 Å². The van der Waals surface area contributed by atoms with E-state index < -0.39 is 0 Å². The number of benzene rings is 1. The van der Waals surface area contributed by atoms with Gasteiger partial charge in [0.2, 0.25) is 0 Å². The first kappa shape index (κ1) is 11.4. The minimum absolute atomic E-state index is 0.389. The van der Waals surface area contributed by atoms with Crippen LogP contribution < -0.4 is 10.5 Å². The van der Waals surface area contributed by atoms with Gasteiger partial charge in [-0.2, -0.15) is 0 Å². The summed E-state index contributed by atoms with van der Waals surface area (Å²) >= 11 is 7.41. The summed E-state index contributed by atoms with van der Waals surface area (Å²) in [5, 5.41) is 2.59. The van der Waals surface area contributed by atoms with Gasteiger partial charge in [0, 0.05) is 22.8 Å². The van der Waals surface area contributed by atoms with Crippen LogP contribution in [-0.4, -0.2) is 9.38 Å². The summed E-state index contributed by atoms with van der Waals surface area (Å²) < 4.78 is 7.59. The summed E-state index contributed by atoms with van der Waals surface area (Å²) in [5.41, 5.74) is 7.21. The smallest absolute Gasteiger partial charge is 0.193 e. The van der Waals surface area contributed by atoms with E-state index in [-0.39, 0.29) is 0 Å². The van der Waals surface area contributed by atoms with Gasteiger partial charge in [0.15, 0.2) is 4.96 Å². The largest absolute Gasteiger partial charge is 0.485 e. The summed E-state index contributed by atoms with van der Waals surface area (Å²) in [6.07, 6.45) is 3.91. The van der Waals surface area contributed by atoms with Gasteiger partial charge < -0.3 is 10.5 Å². The number of anilines is 1. The highest BCUT2D eigenvalue weighted by Gasteiger charge is 2.05. The van der Waals surface area contributed by atoms with Crippen molar-refractivity contribution in [2.45, 2.75) is 6.61 Å². The van der Waals surface area contributed by atoms with Crippen LogP contribution in [0.4, 0.5) is 5.69 Å². The minimum Gasteiger partial charge on any atom is -0.485 e. The summed E-state index contributed by atoms with van der Waals surface area (Å²) in [5.74, 6) is 0.621. The van der Waals surface area contributed by atoms with Crippen LogP contribution in [0, 0.1) is 0 Å². The van der Waals surface area contributed by atoms with E-state index in [1.54, 1.807) is 29.5 Å². The number of hydrogen-bond acceptors (Lipinski definition) is 4. The second kappa shape index (κ2) is 4.51. The molecule has 0 aliphatic carbocycles. The van der Waals surface area contributed by atoms with Crippen LogP contribution in [0.5, 0.6) is 5.75 Å². The van der Waals surface area contributed by atoms with Crippen molar-refractivity contribution in [2.24, 2.45) is 0 Å². The minimum atomic E-state index is 0.389. The van der Waals surface area contributed by atoms with E-state index in [9.17, 15) is 0 Å². The Morgan fingerprint density at radius 3 is 3.11 bits per heavy atom. The van der Waals surface area contributed by atoms with Gasteiger partial charge >= 0.3 is 0 Å². The molecule has 1 aromatic carbocycles. The predicted molar refractivity (Wildman–Crippen MR) is 73.3 cm³/mol. The zero-order chi connectivity index (χ0) is 12.5. The number of halogens is 1. The standard InChI is InChI=1S/C12H10ClN3OS/c13-8-1-2-11(10(14)5-8)17-7-9-6-16-3-4-18-12(16)15-9/h1-6H,7,14H2. The van der Waals surface area contributed by atoms with Crippen molar-refractivity contribution < 1.29 is 4.74 Å². The Labute approximate surface area is 113 Å². The molecule has 2 aromatic heterocycles. The summed E-state index contributed by atoms with van der Waals surface area (Å²) in [4.78, 5) is 5.38. The van der Waals surface area contributed by atoms with E-state index in [1.165, 1.54) is 0 Å². The lowest BCUT2D eigenvalue weighted by molar-refractivity contribution is 0.304. The molecule has 6 heteroatoms. The molecule has 18 heavy (non-hydrogen) atoms. The molecule has 2 heterocycles. The fourth-order valence-corrected chi connectivity index (χ4v) is 2.55. The maximum atomic E-state index is 5.82. The van der Waals surface area contributed by atoms with Crippen molar-refractivity contribution >= 4 is 33.6 Å². The molecule has 4 nitrogen and oxygen atoms in total. The lowest BCUT2D eigenvalue weighted by Crippen LogP contribution is -1.98. The van der Waals surface area contributed by atoms with Gasteiger partial charge in [0.05, 0.1) is 11.4 Å². The maximum Gasteiger partial charge on any atom is 0.193 e. The van der Waals surface area contributed by atoms with Crippen molar-refractivity contribution in [3.63, 3.8) is 0 Å². The Hall–Kier alpha value is -1.72. The highest BCUT2D eigenvalue weighted by Crippen LogP contribution is 2.25. The van der Waals surface area contributed by atoms with Crippen molar-refractivity contribution in [2.75, 3.05) is 5.73 Å². The van der Waals surface area contributed by atoms with Gasteiger partial charge in [-0.15, -0.1) is 11.3 Å². The van der Waals surface area contributed by atoms with Gasteiger partial charge in [-0.1, -0.05) is 11.6 Å². The molecule has 0 atom stereocenters. The van der Waals surface area contributed by atoms with Gasteiger partial charge in [0.1, 0.15) is 12.4 Å². The van der Waals surface area contributed by atoms with Crippen molar-refractivity contribution in [3.8, 4) is 5.75 Å². The Morgan fingerprint density at radius 2 is 2.33 bits per heavy atom. The van der Waals surface area contributed by atoms with Crippen LogP contribution in [0.15, 0.2) is 36.0 Å². The Morgan fingerprint density at radius 1 is 1.44 bits per heavy atom. The molecular weight excluding hydrogens is 270 g/mol. The van der Waals surface area contributed by atoms with Crippen molar-refractivity contribution in [1.82, 2.24) is 9.38 Å². The zero-order valence-corrected chi connectivity index (χ0v) is 10.9. The van der Waals surface area contributed by atoms with Gasteiger partial charge in [-0.05, 0) is 18.2 Å². The molecule has 0 fully saturated rings. The number of nitrogens with zero attached hydrogens (tertiary/aromatic N) is 2. The van der Waals surface area contributed by atoms with E-state index in [0.717, 1.165) is 10.7 Å². The molecule has 3 aromatic rings. The normalized spacial score (nSPS) is 10.9. The van der Waals surface area contributed by atoms with E-state index >= 15 is 0 Å². The molecule has 0 saturated heterocycles. The molecule has 0 amide bonds. The zero-order valence-electron chi connectivity index (χ0n) is 9.34. The van der Waals surface area contributed by atoms with E-state index in [0.29, 0.717) is 23.1 Å². The fourth-order valence-electron chi connectivity index (χ4n) is 1.65. The molecule has 2 N–H and O–H groups in total. The van der Waals surface area contributed by atoms with Gasteiger partial charge in [-0.25, -0.2) is 4.98 Å². The number of hydrogen-bond donors (Lipinski definition) is 1. The topological polar surface area (TPSA) is 52.5 Å². The molecule has 0 radical (unpaired) electrons. The fraction of sp³-hybridized carbons (Fsp3) is 0.0833. The monoisotopic (exact) mass is 279 g/mol. The van der Waals surface area contributed by atoms with Crippen LogP contribution in [0.3, 0.4) is 0 Å². The number of fused-ring (bicyclic) bond motifs is 1. The number of imidazole rings is 1. The molecule has 0 bridgehead atoms. The molecule has 0 aliphatic heterocycles. The SMILES string of the molecule is Nc1cc(Cl)ccc1OCc1cn2ccsc2n1. The van der Waals surface area contributed by atoms with Crippen LogP contribution >= 0.6 is 22.9 Å². The third-order valence-electron chi connectivity index (χ3n) is 2.49. The molecule has 0 spiro atoms. The van der Waals surface area contributed by atoms with E-state index in [4.69, 9.17) is 22.1 Å². The first-order valence-electron chi connectivity index (χ1n) is 5.31. The summed E-state index contributed by atoms with van der Waals surface area (Å²) in [7, 11) is 0. The highest BCUT2D eigenvalue weighted by atomic mass is 35.5. The Balaban J connectivity index is 1.76. The number of nitrogen functional groups attached to an aromatic ring is 1. The second-order valence-electron chi connectivity index (χ2n) is 3.80. The van der Waals surface area contributed by atoms with Gasteiger partial charge in [0.25, 0.3) is 0 Å². The number of thiazole rings is 1. The van der Waals surface area contributed by atoms with Gasteiger partial charge in [-0.3, -0.25) is 4.40 Å². The number of rotatable bonds is 3. The average Bonchev–Trinajstić information content (AvgIpc) is 2.88. The summed E-state index contributed by atoms with van der Waals surface area (Å²) in [6.45, 7) is 0.389. The van der Waals surface area contributed by atoms with Crippen LogP contribution in [0.2, 0.25) is 5.02 Å². The highest BCUT2D eigenvalue weighted by molar-refractivity contribution is 7.15. The molecule has 92 valence electrons. The van der Waals surface area contributed by atoms with Crippen LogP contribution in [0.1, 0.15) is 5.69 Å². The molecule has 0 unspecified atom stereocenters. The molecule has 0 saturated carbocycles. The van der Waals surface area contributed by atoms with E-state index in [2.05, 4.69) is 4.98 Å². The Kier molecular flexibility index (Phi) is 2.85. The third kappa shape index (κ3) is 2.14. The first-order chi connectivity index (χ1) is 8.72. The predicted octanol–water partition coefficient (Wildman–Crippen LogP) is 3.21. The third-order valence-corrected chi connectivity index (χ3v) is 3.50. The first-order valence-corrected chi connectivity index (χ1v) is 6.57. The van der Waals surface area contributed by atoms with E-state index in [1.807, 2.05) is 22.2 Å².